The summed E-state index contributed by atoms with van der Waals surface area (Å²) in [5.74, 6) is -2.66. The number of anilines is 1. The molecule has 12 nitrogen and oxygen atoms in total. The number of hydrogen-bond acceptors (Lipinski definition) is 8. The number of rotatable bonds is 3. The van der Waals surface area contributed by atoms with Crippen LogP contribution in [-0.4, -0.2) is 109 Å². The predicted molar refractivity (Wildman–Crippen MR) is 136 cm³/mol. The third-order valence-corrected chi connectivity index (χ3v) is 7.79. The lowest BCUT2D eigenvalue weighted by atomic mass is 9.67. The lowest BCUT2D eigenvalue weighted by Crippen LogP contribution is -2.74. The molecule has 3 saturated heterocycles. The summed E-state index contributed by atoms with van der Waals surface area (Å²) in [6, 6.07) is 3.36. The zero-order valence-corrected chi connectivity index (χ0v) is 21.4. The van der Waals surface area contributed by atoms with Gasteiger partial charge in [-0.1, -0.05) is 12.1 Å². The monoisotopic (exact) mass is 520 g/mol. The Hall–Kier alpha value is -4.32. The molecule has 0 aromatic heterocycles. The van der Waals surface area contributed by atoms with Gasteiger partial charge in [0, 0.05) is 46.0 Å². The molecule has 0 saturated carbocycles. The molecule has 38 heavy (non-hydrogen) atoms. The maximum absolute atomic E-state index is 13.7. The Balaban J connectivity index is 1.60. The Bertz CT molecular complexity index is 1330. The van der Waals surface area contributed by atoms with Crippen molar-refractivity contribution in [2.24, 2.45) is 5.41 Å². The van der Waals surface area contributed by atoms with Crippen LogP contribution in [0.2, 0.25) is 0 Å². The molecule has 1 aromatic carbocycles. The molecule has 1 atom stereocenters. The van der Waals surface area contributed by atoms with Crippen LogP contribution < -0.4 is 10.2 Å². The quantitative estimate of drug-likeness (QED) is 0.256. The van der Waals surface area contributed by atoms with E-state index in [-0.39, 0.29) is 18.5 Å². The predicted octanol–water partition coefficient (Wildman–Crippen LogP) is 0.0477. The summed E-state index contributed by atoms with van der Waals surface area (Å²) in [7, 11) is 4.69. The van der Waals surface area contributed by atoms with Crippen molar-refractivity contribution in [3.05, 3.63) is 47.6 Å². The molecular weight excluding hydrogens is 492 g/mol. The number of urea groups is 2. The van der Waals surface area contributed by atoms with Crippen molar-refractivity contribution in [3.8, 4) is 0 Å². The highest BCUT2D eigenvalue weighted by molar-refractivity contribution is 6.31. The van der Waals surface area contributed by atoms with E-state index in [0.29, 0.717) is 30.8 Å². The van der Waals surface area contributed by atoms with Gasteiger partial charge in [0.05, 0.1) is 6.04 Å². The van der Waals surface area contributed by atoms with E-state index < -0.39 is 47.1 Å². The lowest BCUT2D eigenvalue weighted by molar-refractivity contribution is -0.160. The molecule has 8 amide bonds. The van der Waals surface area contributed by atoms with E-state index in [4.69, 9.17) is 0 Å². The number of hydrogen-bond donors (Lipinski definition) is 1. The van der Waals surface area contributed by atoms with Crippen molar-refractivity contribution < 1.29 is 28.8 Å². The molecule has 4 aliphatic rings. The number of imide groups is 4. The summed E-state index contributed by atoms with van der Waals surface area (Å²) in [6.45, 7) is 5.22. The molecule has 12 heteroatoms. The van der Waals surface area contributed by atoms with E-state index in [1.54, 1.807) is 12.1 Å². The topological polar surface area (TPSA) is 131 Å². The number of carbonyl (C=O) groups excluding carboxylic acids is 6. The Morgan fingerprint density at radius 3 is 2.37 bits per heavy atom. The number of likely N-dealkylation sites (N-methyl/N-ethyl adjacent to an activating group) is 1. The average Bonchev–Trinajstić information content (AvgIpc) is 2.89. The number of piperazine rings is 1. The standard InChI is InChI=1S/C26H28N6O6/c1-5-8-32-21(34)17(20(33)27-24(32)37)12-15-6-7-18-16(11-15)13-26(19-14-28(2)9-10-31(18)19)22(35)29(3)25(38)30(4)23(26)36/h5-7,11-12,19H,1,8-10,13-14H2,2-4H3,(H,27,33,37)/b17-12+/t19-/m0/s1. The first-order valence-electron chi connectivity index (χ1n) is 12.2. The summed E-state index contributed by atoms with van der Waals surface area (Å²) < 4.78 is 0. The summed E-state index contributed by atoms with van der Waals surface area (Å²) in [6.07, 6.45) is 2.82. The molecule has 198 valence electrons. The molecule has 0 unspecified atom stereocenters. The van der Waals surface area contributed by atoms with Gasteiger partial charge in [-0.25, -0.2) is 9.59 Å². The molecular formula is C26H28N6O6. The van der Waals surface area contributed by atoms with Gasteiger partial charge in [-0.05, 0) is 42.8 Å². The van der Waals surface area contributed by atoms with Crippen LogP contribution in [0.1, 0.15) is 11.1 Å². The zero-order chi connectivity index (χ0) is 27.5. The molecule has 1 aromatic rings. The fourth-order valence-corrected chi connectivity index (χ4v) is 5.85. The van der Waals surface area contributed by atoms with Crippen LogP contribution in [0.4, 0.5) is 15.3 Å². The number of nitrogens with zero attached hydrogens (tertiary/aromatic N) is 5. The first-order chi connectivity index (χ1) is 18.0. The van der Waals surface area contributed by atoms with Crippen LogP contribution >= 0.6 is 0 Å². The van der Waals surface area contributed by atoms with E-state index >= 15 is 0 Å². The minimum atomic E-state index is -1.52. The molecule has 5 rings (SSSR count). The highest BCUT2D eigenvalue weighted by Crippen LogP contribution is 2.47. The Morgan fingerprint density at radius 1 is 1.03 bits per heavy atom. The van der Waals surface area contributed by atoms with Gasteiger partial charge in [0.1, 0.15) is 5.57 Å². The number of barbiturate groups is 2. The Labute approximate surface area is 219 Å². The number of nitrogens with one attached hydrogen (secondary N) is 1. The molecule has 3 fully saturated rings. The molecule has 0 aliphatic carbocycles. The second kappa shape index (κ2) is 8.91. The fourth-order valence-electron chi connectivity index (χ4n) is 5.85. The third kappa shape index (κ3) is 3.55. The minimum Gasteiger partial charge on any atom is -0.364 e. The van der Waals surface area contributed by atoms with Crippen molar-refractivity contribution in [1.82, 2.24) is 24.9 Å². The van der Waals surface area contributed by atoms with Crippen molar-refractivity contribution in [2.75, 3.05) is 52.2 Å². The van der Waals surface area contributed by atoms with Crippen LogP contribution in [0, 0.1) is 5.41 Å². The minimum absolute atomic E-state index is 0.0508. The van der Waals surface area contributed by atoms with Gasteiger partial charge < -0.3 is 9.80 Å². The summed E-state index contributed by atoms with van der Waals surface area (Å²) in [5.41, 5.74) is 0.286. The molecule has 1 N–H and O–H groups in total. The van der Waals surface area contributed by atoms with E-state index in [2.05, 4.69) is 16.8 Å². The van der Waals surface area contributed by atoms with E-state index in [1.165, 1.54) is 26.2 Å². The molecule has 0 bridgehead atoms. The van der Waals surface area contributed by atoms with Crippen LogP contribution in [0.5, 0.6) is 0 Å². The first-order valence-corrected chi connectivity index (χ1v) is 12.2. The maximum Gasteiger partial charge on any atom is 0.332 e. The molecule has 1 spiro atoms. The van der Waals surface area contributed by atoms with Crippen molar-refractivity contribution in [3.63, 3.8) is 0 Å². The van der Waals surface area contributed by atoms with Gasteiger partial charge in [0.25, 0.3) is 11.8 Å². The number of carbonyl (C=O) groups is 6. The smallest absolute Gasteiger partial charge is 0.332 e. The van der Waals surface area contributed by atoms with Crippen LogP contribution in [-0.2, 0) is 25.6 Å². The number of amides is 8. The Morgan fingerprint density at radius 2 is 1.71 bits per heavy atom. The molecule has 4 aliphatic heterocycles. The maximum atomic E-state index is 13.7. The van der Waals surface area contributed by atoms with Gasteiger partial charge in [-0.3, -0.25) is 39.2 Å². The van der Waals surface area contributed by atoms with Crippen molar-refractivity contribution in [2.45, 2.75) is 12.5 Å². The van der Waals surface area contributed by atoms with Gasteiger partial charge in [-0.2, -0.15) is 0 Å². The van der Waals surface area contributed by atoms with Gasteiger partial charge >= 0.3 is 12.1 Å². The average molecular weight is 521 g/mol. The number of benzene rings is 1. The second-order valence-electron chi connectivity index (χ2n) is 10.0. The van der Waals surface area contributed by atoms with E-state index in [1.807, 2.05) is 18.0 Å². The second-order valence-corrected chi connectivity index (χ2v) is 10.0. The fraction of sp³-hybridized carbons (Fsp3) is 0.385. The zero-order valence-electron chi connectivity index (χ0n) is 21.4. The highest BCUT2D eigenvalue weighted by Gasteiger charge is 2.63. The van der Waals surface area contributed by atoms with Gasteiger partial charge in [0.2, 0.25) is 11.8 Å². The molecule has 0 radical (unpaired) electrons. The van der Waals surface area contributed by atoms with Crippen molar-refractivity contribution in [1.29, 1.82) is 0 Å². The first kappa shape index (κ1) is 25.3. The SMILES string of the molecule is C=CCN1C(=O)NC(=O)/C(=C\c2ccc3c(c2)CC2(C(=O)N(C)C(=O)N(C)C2=O)[C@@H]2CN(C)CCN32)C1=O. The largest absolute Gasteiger partial charge is 0.364 e. The van der Waals surface area contributed by atoms with E-state index in [0.717, 1.165) is 20.4 Å². The summed E-state index contributed by atoms with van der Waals surface area (Å²) >= 11 is 0. The third-order valence-electron chi connectivity index (χ3n) is 7.79. The number of fused-ring (bicyclic) bond motifs is 4. The van der Waals surface area contributed by atoms with Crippen LogP contribution in [0.15, 0.2) is 36.4 Å². The van der Waals surface area contributed by atoms with Gasteiger partial charge in [0.15, 0.2) is 5.41 Å². The van der Waals surface area contributed by atoms with E-state index in [9.17, 15) is 28.8 Å². The Kier molecular flexibility index (Phi) is 5.94. The highest BCUT2D eigenvalue weighted by atomic mass is 16.2. The molecule has 4 heterocycles. The lowest BCUT2D eigenvalue weighted by Gasteiger charge is -2.55. The van der Waals surface area contributed by atoms with Crippen molar-refractivity contribution >= 4 is 47.5 Å². The van der Waals surface area contributed by atoms with Crippen LogP contribution in [0.3, 0.4) is 0 Å². The summed E-state index contributed by atoms with van der Waals surface area (Å²) in [4.78, 5) is 84.4. The summed E-state index contributed by atoms with van der Waals surface area (Å²) in [5, 5.41) is 2.16. The van der Waals surface area contributed by atoms with Crippen LogP contribution in [0.25, 0.3) is 6.08 Å². The normalized spacial score (nSPS) is 24.7. The van der Waals surface area contributed by atoms with Gasteiger partial charge in [-0.15, -0.1) is 6.58 Å².